The van der Waals surface area contributed by atoms with Crippen LogP contribution < -0.4 is 15.4 Å². The molecule has 0 spiro atoms. The van der Waals surface area contributed by atoms with E-state index in [4.69, 9.17) is 0 Å². The number of hydrogen-bond acceptors (Lipinski definition) is 4. The van der Waals surface area contributed by atoms with E-state index in [9.17, 15) is 13.9 Å². The van der Waals surface area contributed by atoms with Crippen LogP contribution in [0.1, 0.15) is 44.8 Å². The number of nitrogens with one attached hydrogen (secondary N) is 2. The van der Waals surface area contributed by atoms with Gasteiger partial charge < -0.3 is 25.4 Å². The summed E-state index contributed by atoms with van der Waals surface area (Å²) in [6, 6.07) is 5.97. The number of rotatable bonds is 10. The molecule has 0 aliphatic carbocycles. The molecule has 29 heavy (non-hydrogen) atoms. The second kappa shape index (κ2) is 12.6. The standard InChI is InChI=1S/C21H34F2N4O2/c1-3-24-21(25-11-5-13-27-12-4-6-16(2)15-27)26-14-19(28)17-7-9-18(10-8-17)29-20(22)23/h7-10,16,19-20,28H,3-6,11-15H2,1-2H3,(H2,24,25,26). The first-order chi connectivity index (χ1) is 14.0. The molecule has 1 aliphatic heterocycles. The summed E-state index contributed by atoms with van der Waals surface area (Å²) in [5, 5.41) is 16.8. The number of ether oxygens (including phenoxy) is 1. The predicted molar refractivity (Wildman–Crippen MR) is 111 cm³/mol. The zero-order valence-electron chi connectivity index (χ0n) is 17.4. The largest absolute Gasteiger partial charge is 0.435 e. The molecule has 1 aliphatic rings. The molecule has 3 N–H and O–H groups in total. The van der Waals surface area contributed by atoms with Crippen molar-refractivity contribution in [2.45, 2.75) is 45.8 Å². The van der Waals surface area contributed by atoms with Crippen molar-refractivity contribution in [3.63, 3.8) is 0 Å². The lowest BCUT2D eigenvalue weighted by atomic mass is 10.0. The van der Waals surface area contributed by atoms with Crippen molar-refractivity contribution in [2.75, 3.05) is 39.3 Å². The van der Waals surface area contributed by atoms with E-state index in [1.807, 2.05) is 6.92 Å². The van der Waals surface area contributed by atoms with Gasteiger partial charge in [-0.05, 0) is 62.9 Å². The van der Waals surface area contributed by atoms with Gasteiger partial charge in [0.05, 0.1) is 12.6 Å². The van der Waals surface area contributed by atoms with Gasteiger partial charge in [-0.15, -0.1) is 0 Å². The minimum Gasteiger partial charge on any atom is -0.435 e. The van der Waals surface area contributed by atoms with Crippen LogP contribution in [0.2, 0.25) is 0 Å². The van der Waals surface area contributed by atoms with Crippen LogP contribution in [0.25, 0.3) is 0 Å². The van der Waals surface area contributed by atoms with E-state index in [1.54, 1.807) is 12.1 Å². The number of likely N-dealkylation sites (tertiary alicyclic amines) is 1. The van der Waals surface area contributed by atoms with E-state index in [2.05, 4.69) is 32.2 Å². The van der Waals surface area contributed by atoms with Crippen molar-refractivity contribution < 1.29 is 18.6 Å². The predicted octanol–water partition coefficient (Wildman–Crippen LogP) is 3.00. The van der Waals surface area contributed by atoms with E-state index >= 15 is 0 Å². The highest BCUT2D eigenvalue weighted by Gasteiger charge is 2.15. The molecule has 8 heteroatoms. The highest BCUT2D eigenvalue weighted by atomic mass is 19.3. The fourth-order valence-electron chi connectivity index (χ4n) is 3.50. The van der Waals surface area contributed by atoms with E-state index in [0.29, 0.717) is 11.5 Å². The Bertz CT molecular complexity index is 613. The summed E-state index contributed by atoms with van der Waals surface area (Å²) in [6.07, 6.45) is 2.83. The molecule has 2 rings (SSSR count). The summed E-state index contributed by atoms with van der Waals surface area (Å²) in [7, 11) is 0. The van der Waals surface area contributed by atoms with Gasteiger partial charge in [0.25, 0.3) is 0 Å². The van der Waals surface area contributed by atoms with Crippen LogP contribution in [0, 0.1) is 5.92 Å². The molecule has 1 saturated heterocycles. The van der Waals surface area contributed by atoms with Crippen LogP contribution in [0.5, 0.6) is 5.75 Å². The van der Waals surface area contributed by atoms with E-state index in [0.717, 1.165) is 32.0 Å². The summed E-state index contributed by atoms with van der Waals surface area (Å²) < 4.78 is 28.7. The van der Waals surface area contributed by atoms with Crippen molar-refractivity contribution in [1.82, 2.24) is 15.5 Å². The van der Waals surface area contributed by atoms with Gasteiger partial charge in [0.1, 0.15) is 5.75 Å². The normalized spacial score (nSPS) is 19.2. The van der Waals surface area contributed by atoms with Gasteiger partial charge in [0, 0.05) is 19.6 Å². The molecule has 1 heterocycles. The summed E-state index contributed by atoms with van der Waals surface area (Å²) >= 11 is 0. The summed E-state index contributed by atoms with van der Waals surface area (Å²) in [5.41, 5.74) is 0.602. The molecule has 0 amide bonds. The van der Waals surface area contributed by atoms with Crippen molar-refractivity contribution in [3.05, 3.63) is 29.8 Å². The van der Waals surface area contributed by atoms with Crippen molar-refractivity contribution in [2.24, 2.45) is 10.9 Å². The molecule has 0 saturated carbocycles. The second-order valence-corrected chi connectivity index (χ2v) is 7.51. The summed E-state index contributed by atoms with van der Waals surface area (Å²) in [6.45, 7) is 6.60. The minimum atomic E-state index is -2.86. The first kappa shape index (κ1) is 23.3. The Balaban J connectivity index is 1.76. The van der Waals surface area contributed by atoms with E-state index < -0.39 is 12.7 Å². The van der Waals surface area contributed by atoms with Gasteiger partial charge in [0.2, 0.25) is 0 Å². The van der Waals surface area contributed by atoms with Crippen LogP contribution >= 0.6 is 0 Å². The average Bonchev–Trinajstić information content (AvgIpc) is 2.69. The van der Waals surface area contributed by atoms with Crippen LogP contribution in [-0.4, -0.2) is 61.8 Å². The third-order valence-corrected chi connectivity index (χ3v) is 4.94. The van der Waals surface area contributed by atoms with Gasteiger partial charge >= 0.3 is 6.61 Å². The molecule has 0 bridgehead atoms. The zero-order valence-corrected chi connectivity index (χ0v) is 17.4. The van der Waals surface area contributed by atoms with Crippen LogP contribution in [0.4, 0.5) is 8.78 Å². The molecule has 0 aromatic heterocycles. The third kappa shape index (κ3) is 8.95. The van der Waals surface area contributed by atoms with Crippen molar-refractivity contribution >= 4 is 5.96 Å². The van der Waals surface area contributed by atoms with Crippen LogP contribution in [-0.2, 0) is 0 Å². The molecular formula is C21H34F2N4O2. The van der Waals surface area contributed by atoms with Crippen molar-refractivity contribution in [1.29, 1.82) is 0 Å². The Hall–Kier alpha value is -1.93. The SMILES string of the molecule is CCNC(=NCC(O)c1ccc(OC(F)F)cc1)NCCCN1CCCC(C)C1. The topological polar surface area (TPSA) is 69.1 Å². The molecule has 0 radical (unpaired) electrons. The monoisotopic (exact) mass is 412 g/mol. The Morgan fingerprint density at radius 2 is 2.07 bits per heavy atom. The number of aliphatic hydroxyl groups is 1. The van der Waals surface area contributed by atoms with Crippen LogP contribution in [0.3, 0.4) is 0 Å². The molecule has 1 aromatic rings. The first-order valence-electron chi connectivity index (χ1n) is 10.4. The molecule has 2 unspecified atom stereocenters. The summed E-state index contributed by atoms with van der Waals surface area (Å²) in [5.74, 6) is 1.52. The number of alkyl halides is 2. The summed E-state index contributed by atoms with van der Waals surface area (Å²) in [4.78, 5) is 6.96. The highest BCUT2D eigenvalue weighted by Crippen LogP contribution is 2.19. The lowest BCUT2D eigenvalue weighted by molar-refractivity contribution is -0.0498. The Kier molecular flexibility index (Phi) is 10.1. The number of aliphatic hydroxyl groups excluding tert-OH is 1. The number of benzene rings is 1. The highest BCUT2D eigenvalue weighted by molar-refractivity contribution is 5.79. The number of halogens is 2. The van der Waals surface area contributed by atoms with E-state index in [1.165, 1.54) is 38.1 Å². The van der Waals surface area contributed by atoms with Gasteiger partial charge in [-0.3, -0.25) is 4.99 Å². The van der Waals surface area contributed by atoms with Gasteiger partial charge in [-0.25, -0.2) is 0 Å². The van der Waals surface area contributed by atoms with E-state index in [-0.39, 0.29) is 12.3 Å². The fraction of sp³-hybridized carbons (Fsp3) is 0.667. The number of piperidine rings is 1. The maximum atomic E-state index is 12.2. The lowest BCUT2D eigenvalue weighted by Gasteiger charge is -2.30. The van der Waals surface area contributed by atoms with Gasteiger partial charge in [-0.2, -0.15) is 8.78 Å². The Morgan fingerprint density at radius 1 is 1.31 bits per heavy atom. The number of guanidine groups is 1. The fourth-order valence-corrected chi connectivity index (χ4v) is 3.50. The maximum absolute atomic E-state index is 12.2. The zero-order chi connectivity index (χ0) is 21.1. The lowest BCUT2D eigenvalue weighted by Crippen LogP contribution is -2.40. The molecule has 2 atom stereocenters. The smallest absolute Gasteiger partial charge is 0.387 e. The second-order valence-electron chi connectivity index (χ2n) is 7.51. The van der Waals surface area contributed by atoms with Gasteiger partial charge in [-0.1, -0.05) is 19.1 Å². The van der Waals surface area contributed by atoms with Crippen LogP contribution in [0.15, 0.2) is 29.3 Å². The molecule has 1 fully saturated rings. The quantitative estimate of drug-likeness (QED) is 0.313. The maximum Gasteiger partial charge on any atom is 0.387 e. The molecular weight excluding hydrogens is 378 g/mol. The Morgan fingerprint density at radius 3 is 2.72 bits per heavy atom. The number of nitrogens with zero attached hydrogens (tertiary/aromatic N) is 2. The average molecular weight is 413 g/mol. The Labute approximate surface area is 172 Å². The molecule has 164 valence electrons. The first-order valence-corrected chi connectivity index (χ1v) is 10.4. The molecule has 6 nitrogen and oxygen atoms in total. The van der Waals surface area contributed by atoms with Gasteiger partial charge in [0.15, 0.2) is 5.96 Å². The molecule has 1 aromatic carbocycles. The third-order valence-electron chi connectivity index (χ3n) is 4.94. The number of aliphatic imine (C=N–C) groups is 1. The van der Waals surface area contributed by atoms with Crippen molar-refractivity contribution in [3.8, 4) is 5.75 Å². The number of hydrogen-bond donors (Lipinski definition) is 3. The minimum absolute atomic E-state index is 0.0672.